The van der Waals surface area contributed by atoms with Crippen LogP contribution < -0.4 is 10.0 Å². The van der Waals surface area contributed by atoms with Crippen molar-refractivity contribution in [1.82, 2.24) is 5.32 Å². The van der Waals surface area contributed by atoms with Crippen LogP contribution in [0.2, 0.25) is 0 Å². The molecule has 2 N–H and O–H groups in total. The maximum absolute atomic E-state index is 11.7. The number of halogens is 1. The average Bonchev–Trinajstić information content (AvgIpc) is 3.13. The van der Waals surface area contributed by atoms with E-state index in [4.69, 9.17) is 11.6 Å². The number of alkyl halides is 1. The van der Waals surface area contributed by atoms with Crippen LogP contribution in [-0.2, 0) is 10.0 Å². The Labute approximate surface area is 117 Å². The molecule has 1 fully saturated rings. The Morgan fingerprint density at radius 2 is 1.89 bits per heavy atom. The molecule has 104 valence electrons. The zero-order valence-electron chi connectivity index (χ0n) is 10.2. The second-order valence-electron chi connectivity index (χ2n) is 4.44. The number of hydrogen-bond acceptors (Lipinski definition) is 3. The summed E-state index contributed by atoms with van der Waals surface area (Å²) in [4.78, 5) is 11.7. The number of sulfonamides is 1. The minimum atomic E-state index is -3.41. The predicted molar refractivity (Wildman–Crippen MR) is 75.1 cm³/mol. The smallest absolute Gasteiger partial charge is 0.251 e. The molecular formula is C12H15ClN2O3S. The van der Waals surface area contributed by atoms with E-state index in [1.54, 1.807) is 24.3 Å². The molecule has 0 bridgehead atoms. The molecule has 1 aromatic rings. The number of benzene rings is 1. The Bertz CT molecular complexity index is 553. The molecule has 19 heavy (non-hydrogen) atoms. The van der Waals surface area contributed by atoms with Gasteiger partial charge in [0.05, 0.1) is 5.75 Å². The van der Waals surface area contributed by atoms with Gasteiger partial charge in [0, 0.05) is 23.2 Å². The number of carbonyl (C=O) groups excluding carboxylic acids is 1. The molecule has 0 aromatic heterocycles. The number of nitrogens with one attached hydrogen (secondary N) is 2. The van der Waals surface area contributed by atoms with Gasteiger partial charge in [0.1, 0.15) is 0 Å². The Hall–Kier alpha value is -1.27. The molecule has 1 aromatic carbocycles. The Morgan fingerprint density at radius 1 is 1.26 bits per heavy atom. The van der Waals surface area contributed by atoms with Crippen LogP contribution in [0.3, 0.4) is 0 Å². The van der Waals surface area contributed by atoms with Gasteiger partial charge in [-0.1, -0.05) is 0 Å². The highest BCUT2D eigenvalue weighted by molar-refractivity contribution is 7.92. The van der Waals surface area contributed by atoms with Crippen LogP contribution in [0.4, 0.5) is 5.69 Å². The molecule has 0 heterocycles. The minimum Gasteiger partial charge on any atom is -0.349 e. The zero-order chi connectivity index (χ0) is 13.9. The lowest BCUT2D eigenvalue weighted by atomic mass is 10.2. The van der Waals surface area contributed by atoms with Gasteiger partial charge in [0.25, 0.3) is 5.91 Å². The third-order valence-electron chi connectivity index (χ3n) is 2.68. The van der Waals surface area contributed by atoms with Crippen LogP contribution in [0.5, 0.6) is 0 Å². The summed E-state index contributed by atoms with van der Waals surface area (Å²) >= 11 is 5.40. The van der Waals surface area contributed by atoms with Crippen molar-refractivity contribution in [2.24, 2.45) is 0 Å². The summed E-state index contributed by atoms with van der Waals surface area (Å²) in [5.41, 5.74) is 0.945. The van der Waals surface area contributed by atoms with Gasteiger partial charge in [-0.15, -0.1) is 11.6 Å². The molecule has 0 unspecified atom stereocenters. The third kappa shape index (κ3) is 4.40. The summed E-state index contributed by atoms with van der Waals surface area (Å²) in [6.07, 6.45) is 2.06. The molecule has 1 aliphatic rings. The van der Waals surface area contributed by atoms with Crippen molar-refractivity contribution in [3.05, 3.63) is 29.8 Å². The van der Waals surface area contributed by atoms with Crippen LogP contribution in [0.1, 0.15) is 23.2 Å². The van der Waals surface area contributed by atoms with E-state index in [1.807, 2.05) is 0 Å². The predicted octanol–water partition coefficient (Wildman–Crippen LogP) is 1.56. The number of rotatable bonds is 6. The van der Waals surface area contributed by atoms with E-state index >= 15 is 0 Å². The molecule has 7 heteroatoms. The quantitative estimate of drug-likeness (QED) is 0.783. The van der Waals surface area contributed by atoms with Gasteiger partial charge in [-0.25, -0.2) is 8.42 Å². The first-order valence-electron chi connectivity index (χ1n) is 5.97. The van der Waals surface area contributed by atoms with Crippen molar-refractivity contribution in [2.75, 3.05) is 16.4 Å². The highest BCUT2D eigenvalue weighted by Crippen LogP contribution is 2.19. The van der Waals surface area contributed by atoms with Gasteiger partial charge >= 0.3 is 0 Å². The summed E-state index contributed by atoms with van der Waals surface area (Å²) in [6, 6.07) is 6.61. The molecule has 1 aliphatic carbocycles. The maximum atomic E-state index is 11.7. The Morgan fingerprint density at radius 3 is 2.42 bits per heavy atom. The van der Waals surface area contributed by atoms with Crippen molar-refractivity contribution in [1.29, 1.82) is 0 Å². The first kappa shape index (κ1) is 14.1. The van der Waals surface area contributed by atoms with Gasteiger partial charge in [-0.2, -0.15) is 0 Å². The van der Waals surface area contributed by atoms with Crippen LogP contribution in [0.15, 0.2) is 24.3 Å². The molecule has 5 nitrogen and oxygen atoms in total. The Kier molecular flexibility index (Phi) is 4.31. The fourth-order valence-electron chi connectivity index (χ4n) is 1.52. The third-order valence-corrected chi connectivity index (χ3v) is 4.38. The molecular weight excluding hydrogens is 288 g/mol. The average molecular weight is 303 g/mol. The summed E-state index contributed by atoms with van der Waals surface area (Å²) in [5, 5.41) is 2.86. The van der Waals surface area contributed by atoms with Crippen molar-refractivity contribution in [3.63, 3.8) is 0 Å². The zero-order valence-corrected chi connectivity index (χ0v) is 11.8. The highest BCUT2D eigenvalue weighted by Gasteiger charge is 2.23. The first-order chi connectivity index (χ1) is 9.00. The van der Waals surface area contributed by atoms with E-state index < -0.39 is 10.0 Å². The van der Waals surface area contributed by atoms with E-state index in [0.29, 0.717) is 17.3 Å². The summed E-state index contributed by atoms with van der Waals surface area (Å²) in [5.74, 6) is -0.229. The highest BCUT2D eigenvalue weighted by atomic mass is 35.5. The van der Waals surface area contributed by atoms with Crippen LogP contribution in [0, 0.1) is 0 Å². The molecule has 1 saturated carbocycles. The molecule has 2 rings (SSSR count). The fraction of sp³-hybridized carbons (Fsp3) is 0.417. The molecule has 0 spiro atoms. The van der Waals surface area contributed by atoms with Gasteiger partial charge in [-0.3, -0.25) is 9.52 Å². The lowest BCUT2D eigenvalue weighted by molar-refractivity contribution is 0.0951. The minimum absolute atomic E-state index is 0.0389. The molecule has 0 atom stereocenters. The van der Waals surface area contributed by atoms with Gasteiger partial charge in [0.2, 0.25) is 10.0 Å². The van der Waals surface area contributed by atoms with Crippen molar-refractivity contribution in [2.45, 2.75) is 18.9 Å². The van der Waals surface area contributed by atoms with Crippen LogP contribution >= 0.6 is 11.6 Å². The lowest BCUT2D eigenvalue weighted by Gasteiger charge is -2.08. The lowest BCUT2D eigenvalue weighted by Crippen LogP contribution is -2.25. The SMILES string of the molecule is O=C(NC1CC1)c1ccc(NS(=O)(=O)CCCl)cc1. The molecule has 0 saturated heterocycles. The standard InChI is InChI=1S/C12H15ClN2O3S/c13-7-8-19(17,18)15-11-3-1-9(2-4-11)12(16)14-10-5-6-10/h1-4,10,15H,5-8H2,(H,14,16). The van der Waals surface area contributed by atoms with Gasteiger partial charge in [-0.05, 0) is 37.1 Å². The second kappa shape index (κ2) is 5.79. The summed E-state index contributed by atoms with van der Waals surface area (Å²) in [6.45, 7) is 0. The van der Waals surface area contributed by atoms with Crippen molar-refractivity contribution >= 4 is 33.2 Å². The number of amides is 1. The number of anilines is 1. The molecule has 0 aliphatic heterocycles. The van der Waals surface area contributed by atoms with E-state index in [0.717, 1.165) is 12.8 Å². The normalized spacial score (nSPS) is 15.0. The van der Waals surface area contributed by atoms with E-state index in [2.05, 4.69) is 10.0 Å². The number of carbonyl (C=O) groups is 1. The topological polar surface area (TPSA) is 75.3 Å². The monoisotopic (exact) mass is 302 g/mol. The van der Waals surface area contributed by atoms with Crippen molar-refractivity contribution in [3.8, 4) is 0 Å². The van der Waals surface area contributed by atoms with E-state index in [-0.39, 0.29) is 17.5 Å². The van der Waals surface area contributed by atoms with Crippen LogP contribution in [0.25, 0.3) is 0 Å². The van der Waals surface area contributed by atoms with E-state index in [9.17, 15) is 13.2 Å². The van der Waals surface area contributed by atoms with Crippen molar-refractivity contribution < 1.29 is 13.2 Å². The van der Waals surface area contributed by atoms with E-state index in [1.165, 1.54) is 0 Å². The maximum Gasteiger partial charge on any atom is 0.251 e. The Balaban J connectivity index is 1.99. The summed E-state index contributed by atoms with van der Waals surface area (Å²) in [7, 11) is -3.41. The van der Waals surface area contributed by atoms with Gasteiger partial charge in [0.15, 0.2) is 0 Å². The van der Waals surface area contributed by atoms with Crippen LogP contribution in [-0.4, -0.2) is 32.0 Å². The summed E-state index contributed by atoms with van der Waals surface area (Å²) < 4.78 is 25.4. The van der Waals surface area contributed by atoms with Gasteiger partial charge < -0.3 is 5.32 Å². The molecule has 1 amide bonds. The largest absolute Gasteiger partial charge is 0.349 e. The second-order valence-corrected chi connectivity index (χ2v) is 6.65. The number of hydrogen-bond donors (Lipinski definition) is 2. The fourth-order valence-corrected chi connectivity index (χ4v) is 2.93. The molecule has 0 radical (unpaired) electrons. The first-order valence-corrected chi connectivity index (χ1v) is 8.16.